The quantitative estimate of drug-likeness (QED) is 0.883. The van der Waals surface area contributed by atoms with Gasteiger partial charge in [0.2, 0.25) is 0 Å². The molecule has 0 aliphatic heterocycles. The zero-order valence-corrected chi connectivity index (χ0v) is 11.7. The highest BCUT2D eigenvalue weighted by Crippen LogP contribution is 2.32. The molecule has 3 nitrogen and oxygen atoms in total. The van der Waals surface area contributed by atoms with Gasteiger partial charge in [-0.2, -0.15) is 0 Å². The van der Waals surface area contributed by atoms with Gasteiger partial charge in [-0.25, -0.2) is 9.97 Å². The van der Waals surface area contributed by atoms with E-state index in [2.05, 4.69) is 25.9 Å². The van der Waals surface area contributed by atoms with E-state index in [0.717, 1.165) is 20.1 Å². The van der Waals surface area contributed by atoms with Crippen LogP contribution >= 0.6 is 27.7 Å². The van der Waals surface area contributed by atoms with Gasteiger partial charge in [-0.1, -0.05) is 6.07 Å². The minimum absolute atomic E-state index is 0.0401. The van der Waals surface area contributed by atoms with Crippen molar-refractivity contribution in [2.24, 2.45) is 5.73 Å². The monoisotopic (exact) mass is 309 g/mol. The summed E-state index contributed by atoms with van der Waals surface area (Å²) in [5.41, 5.74) is 6.94. The molecule has 0 bridgehead atoms. The maximum atomic E-state index is 5.83. The lowest BCUT2D eigenvalue weighted by molar-refractivity contribution is 0.815. The first-order chi connectivity index (χ1) is 8.16. The topological polar surface area (TPSA) is 51.8 Å². The Morgan fingerprint density at radius 3 is 2.59 bits per heavy atom. The molecule has 2 rings (SSSR count). The molecule has 2 N–H and O–H groups in total. The van der Waals surface area contributed by atoms with Gasteiger partial charge in [-0.3, -0.25) is 0 Å². The lowest BCUT2D eigenvalue weighted by Gasteiger charge is -2.08. The van der Waals surface area contributed by atoms with E-state index in [1.54, 1.807) is 18.5 Å². The molecule has 88 valence electrons. The van der Waals surface area contributed by atoms with Crippen molar-refractivity contribution >= 4 is 27.7 Å². The molecule has 1 aromatic carbocycles. The summed E-state index contributed by atoms with van der Waals surface area (Å²) in [4.78, 5) is 9.44. The van der Waals surface area contributed by atoms with E-state index >= 15 is 0 Å². The Kier molecular flexibility index (Phi) is 4.15. The Hall–Kier alpha value is -0.910. The maximum absolute atomic E-state index is 5.83. The molecule has 1 unspecified atom stereocenters. The van der Waals surface area contributed by atoms with Crippen molar-refractivity contribution in [3.05, 3.63) is 46.7 Å². The predicted octanol–water partition coefficient (Wildman–Crippen LogP) is 3.41. The highest BCUT2D eigenvalue weighted by molar-refractivity contribution is 9.10. The molecule has 1 aromatic heterocycles. The molecule has 0 saturated heterocycles. The largest absolute Gasteiger partial charge is 0.324 e. The molecule has 0 aliphatic rings. The smallest absolute Gasteiger partial charge is 0.192 e. The summed E-state index contributed by atoms with van der Waals surface area (Å²) >= 11 is 5.07. The second-order valence-electron chi connectivity index (χ2n) is 3.61. The Morgan fingerprint density at radius 1 is 1.29 bits per heavy atom. The number of rotatable bonds is 3. The summed E-state index contributed by atoms with van der Waals surface area (Å²) in [5, 5.41) is 0.738. The second-order valence-corrected chi connectivity index (χ2v) is 5.48. The van der Waals surface area contributed by atoms with Crippen LogP contribution in [0.3, 0.4) is 0 Å². The molecule has 5 heteroatoms. The summed E-state index contributed by atoms with van der Waals surface area (Å²) < 4.78 is 1.02. The van der Waals surface area contributed by atoms with Crippen molar-refractivity contribution in [3.63, 3.8) is 0 Å². The van der Waals surface area contributed by atoms with Gasteiger partial charge in [0.05, 0.1) is 0 Å². The highest BCUT2D eigenvalue weighted by Gasteiger charge is 2.07. The molecule has 0 aliphatic carbocycles. The Bertz CT molecular complexity index is 502. The van der Waals surface area contributed by atoms with Gasteiger partial charge in [-0.15, -0.1) is 0 Å². The lowest BCUT2D eigenvalue weighted by atomic mass is 10.1. The highest BCUT2D eigenvalue weighted by atomic mass is 79.9. The third kappa shape index (κ3) is 3.28. The van der Waals surface area contributed by atoms with Crippen molar-refractivity contribution in [1.29, 1.82) is 0 Å². The van der Waals surface area contributed by atoms with E-state index < -0.39 is 0 Å². The van der Waals surface area contributed by atoms with Crippen LogP contribution in [0.15, 0.2) is 51.2 Å². The molecule has 1 atom stereocenters. The fourth-order valence-corrected chi connectivity index (χ4v) is 2.68. The van der Waals surface area contributed by atoms with Crippen LogP contribution in [-0.4, -0.2) is 9.97 Å². The molecule has 0 fully saturated rings. The first-order valence-electron chi connectivity index (χ1n) is 5.16. The van der Waals surface area contributed by atoms with Gasteiger partial charge >= 0.3 is 0 Å². The van der Waals surface area contributed by atoms with Crippen LogP contribution in [0.2, 0.25) is 0 Å². The minimum Gasteiger partial charge on any atom is -0.324 e. The van der Waals surface area contributed by atoms with Gasteiger partial charge in [0, 0.05) is 27.8 Å². The summed E-state index contributed by atoms with van der Waals surface area (Å²) in [6.45, 7) is 1.97. The molecule has 0 saturated carbocycles. The van der Waals surface area contributed by atoms with E-state index in [4.69, 9.17) is 5.73 Å². The fourth-order valence-electron chi connectivity index (χ4n) is 1.32. The normalized spacial score (nSPS) is 12.4. The van der Waals surface area contributed by atoms with Crippen LogP contribution in [0.5, 0.6) is 0 Å². The first-order valence-corrected chi connectivity index (χ1v) is 6.77. The Morgan fingerprint density at radius 2 is 2.00 bits per heavy atom. The zero-order chi connectivity index (χ0) is 12.3. The molecule has 0 amide bonds. The van der Waals surface area contributed by atoms with Crippen LogP contribution in [-0.2, 0) is 0 Å². The van der Waals surface area contributed by atoms with Crippen molar-refractivity contribution in [2.75, 3.05) is 0 Å². The third-order valence-corrected chi connectivity index (χ3v) is 4.11. The third-order valence-electron chi connectivity index (χ3n) is 2.23. The number of halogens is 1. The average molecular weight is 310 g/mol. The first kappa shape index (κ1) is 12.5. The lowest BCUT2D eigenvalue weighted by Crippen LogP contribution is -2.04. The second kappa shape index (κ2) is 5.62. The van der Waals surface area contributed by atoms with E-state index in [-0.39, 0.29) is 6.04 Å². The van der Waals surface area contributed by atoms with Crippen molar-refractivity contribution in [1.82, 2.24) is 9.97 Å². The maximum Gasteiger partial charge on any atom is 0.192 e. The fraction of sp³-hybridized carbons (Fsp3) is 0.167. The summed E-state index contributed by atoms with van der Waals surface area (Å²) in [5.74, 6) is 0. The standard InChI is InChI=1S/C12H12BrN3S/c1-8(14)9-3-4-11(10(13)7-9)17-12-15-5-2-6-16-12/h2-8H,14H2,1H3. The minimum atomic E-state index is 0.0401. The molecule has 17 heavy (non-hydrogen) atoms. The van der Waals surface area contributed by atoms with Crippen LogP contribution in [0.4, 0.5) is 0 Å². The molecule has 0 spiro atoms. The summed E-state index contributed by atoms with van der Waals surface area (Å²) in [7, 11) is 0. The SMILES string of the molecule is CC(N)c1ccc(Sc2ncccn2)c(Br)c1. The van der Waals surface area contributed by atoms with Gasteiger partial charge in [0.25, 0.3) is 0 Å². The number of aromatic nitrogens is 2. The predicted molar refractivity (Wildman–Crippen MR) is 72.9 cm³/mol. The van der Waals surface area contributed by atoms with E-state index in [1.807, 2.05) is 25.1 Å². The van der Waals surface area contributed by atoms with Gasteiger partial charge < -0.3 is 5.73 Å². The number of nitrogens with two attached hydrogens (primary N) is 1. The van der Waals surface area contributed by atoms with E-state index in [1.165, 1.54) is 11.8 Å². The van der Waals surface area contributed by atoms with Crippen LogP contribution < -0.4 is 5.73 Å². The number of benzene rings is 1. The molecular weight excluding hydrogens is 298 g/mol. The van der Waals surface area contributed by atoms with Crippen molar-refractivity contribution in [3.8, 4) is 0 Å². The summed E-state index contributed by atoms with van der Waals surface area (Å²) in [6.07, 6.45) is 3.47. The molecule has 2 aromatic rings. The Labute approximate surface area is 113 Å². The van der Waals surface area contributed by atoms with Crippen LogP contribution in [0.25, 0.3) is 0 Å². The summed E-state index contributed by atoms with van der Waals surface area (Å²) in [6, 6.07) is 7.94. The molecule has 1 heterocycles. The van der Waals surface area contributed by atoms with Gasteiger partial charge in [-0.05, 0) is 58.4 Å². The van der Waals surface area contributed by atoms with Crippen LogP contribution in [0, 0.1) is 0 Å². The molecule has 0 radical (unpaired) electrons. The number of nitrogens with zero attached hydrogens (tertiary/aromatic N) is 2. The average Bonchev–Trinajstić information content (AvgIpc) is 2.33. The van der Waals surface area contributed by atoms with E-state index in [0.29, 0.717) is 0 Å². The van der Waals surface area contributed by atoms with Gasteiger partial charge in [0.1, 0.15) is 0 Å². The number of hydrogen-bond donors (Lipinski definition) is 1. The number of hydrogen-bond acceptors (Lipinski definition) is 4. The van der Waals surface area contributed by atoms with Crippen molar-refractivity contribution in [2.45, 2.75) is 23.0 Å². The van der Waals surface area contributed by atoms with Gasteiger partial charge in [0.15, 0.2) is 5.16 Å². The van der Waals surface area contributed by atoms with Crippen molar-refractivity contribution < 1.29 is 0 Å². The van der Waals surface area contributed by atoms with Crippen LogP contribution in [0.1, 0.15) is 18.5 Å². The molecular formula is C12H12BrN3S. The Balaban J connectivity index is 2.23. The zero-order valence-electron chi connectivity index (χ0n) is 9.30. The van der Waals surface area contributed by atoms with E-state index in [9.17, 15) is 0 Å².